The maximum atomic E-state index is 11.6. The van der Waals surface area contributed by atoms with Gasteiger partial charge in [0.25, 0.3) is 5.56 Å². The Hall–Kier alpha value is -2.25. The molecule has 2 heterocycles. The smallest absolute Gasteiger partial charge is 0.409 e. The second kappa shape index (κ2) is 5.81. The second-order valence-corrected chi connectivity index (χ2v) is 4.53. The molecule has 110 valence electrons. The molecule has 20 heavy (non-hydrogen) atoms. The van der Waals surface area contributed by atoms with Gasteiger partial charge in [-0.15, -0.1) is 0 Å². The van der Waals surface area contributed by atoms with Gasteiger partial charge in [-0.25, -0.2) is 9.59 Å². The number of carbonyl (C=O) groups is 1. The van der Waals surface area contributed by atoms with E-state index in [1.807, 2.05) is 4.90 Å². The highest BCUT2D eigenvalue weighted by atomic mass is 16.6. The topological polar surface area (TPSA) is 87.6 Å². The number of aromatic nitrogens is 2. The molecule has 0 unspecified atom stereocenters. The van der Waals surface area contributed by atoms with Crippen LogP contribution in [0.15, 0.2) is 15.7 Å². The van der Waals surface area contributed by atoms with Crippen LogP contribution in [0.5, 0.6) is 0 Å². The van der Waals surface area contributed by atoms with E-state index in [0.29, 0.717) is 38.6 Å². The molecule has 1 fully saturated rings. The van der Waals surface area contributed by atoms with Crippen LogP contribution in [-0.4, -0.2) is 53.3 Å². The summed E-state index contributed by atoms with van der Waals surface area (Å²) in [5.41, 5.74) is -0.795. The van der Waals surface area contributed by atoms with Crippen molar-refractivity contribution in [2.75, 3.05) is 37.7 Å². The molecule has 2 rings (SSSR count). The van der Waals surface area contributed by atoms with E-state index >= 15 is 0 Å². The fourth-order valence-corrected chi connectivity index (χ4v) is 2.06. The van der Waals surface area contributed by atoms with Gasteiger partial charge in [-0.3, -0.25) is 14.3 Å². The average molecular weight is 282 g/mol. The van der Waals surface area contributed by atoms with E-state index in [9.17, 15) is 14.4 Å². The molecule has 1 aliphatic rings. The van der Waals surface area contributed by atoms with Gasteiger partial charge in [0.05, 0.1) is 6.61 Å². The summed E-state index contributed by atoms with van der Waals surface area (Å²) in [6.07, 6.45) is -0.329. The molecule has 1 aromatic heterocycles. The number of piperazine rings is 1. The van der Waals surface area contributed by atoms with Crippen molar-refractivity contribution in [1.82, 2.24) is 14.5 Å². The van der Waals surface area contributed by atoms with Gasteiger partial charge in [0.2, 0.25) is 0 Å². The zero-order chi connectivity index (χ0) is 14.7. The Morgan fingerprint density at radius 1 is 1.30 bits per heavy atom. The van der Waals surface area contributed by atoms with Crippen molar-refractivity contribution in [2.45, 2.75) is 6.92 Å². The third-order valence-electron chi connectivity index (χ3n) is 3.28. The number of H-pyrrole nitrogens is 1. The maximum Gasteiger partial charge on any atom is 0.409 e. The Bertz CT molecular complexity index is 567. The Morgan fingerprint density at radius 3 is 2.50 bits per heavy atom. The molecular weight excluding hydrogens is 264 g/mol. The maximum absolute atomic E-state index is 11.6. The molecule has 1 saturated heterocycles. The zero-order valence-electron chi connectivity index (χ0n) is 11.6. The van der Waals surface area contributed by atoms with Gasteiger partial charge in [0, 0.05) is 39.3 Å². The Balaban J connectivity index is 2.06. The molecule has 0 saturated carbocycles. The number of aromatic amines is 1. The Morgan fingerprint density at radius 2 is 1.95 bits per heavy atom. The summed E-state index contributed by atoms with van der Waals surface area (Å²) in [5, 5.41) is 0. The first-order valence-corrected chi connectivity index (χ1v) is 6.50. The highest BCUT2D eigenvalue weighted by Gasteiger charge is 2.22. The summed E-state index contributed by atoms with van der Waals surface area (Å²) in [7, 11) is 1.42. The standard InChI is InChI=1S/C12H18N4O4/c1-3-20-12(19)16-6-4-15(5-7-16)9-8-10(17)14(2)11(18)13-9/h8H,3-7H2,1-2H3,(H,13,18). The van der Waals surface area contributed by atoms with Crippen LogP contribution in [0.1, 0.15) is 6.92 Å². The van der Waals surface area contributed by atoms with E-state index in [1.165, 1.54) is 13.1 Å². The summed E-state index contributed by atoms with van der Waals surface area (Å²) < 4.78 is 5.95. The monoisotopic (exact) mass is 282 g/mol. The van der Waals surface area contributed by atoms with E-state index in [1.54, 1.807) is 11.8 Å². The summed E-state index contributed by atoms with van der Waals surface area (Å²) in [4.78, 5) is 40.9. The van der Waals surface area contributed by atoms with E-state index in [4.69, 9.17) is 4.74 Å². The highest BCUT2D eigenvalue weighted by Crippen LogP contribution is 2.10. The van der Waals surface area contributed by atoms with Crippen LogP contribution < -0.4 is 16.1 Å². The molecule has 0 spiro atoms. The minimum absolute atomic E-state index is 0.329. The number of anilines is 1. The number of nitrogens with zero attached hydrogens (tertiary/aromatic N) is 3. The van der Waals surface area contributed by atoms with Gasteiger partial charge in [-0.05, 0) is 6.92 Å². The van der Waals surface area contributed by atoms with Gasteiger partial charge in [-0.1, -0.05) is 0 Å². The molecule has 0 radical (unpaired) electrons. The van der Waals surface area contributed by atoms with Crippen LogP contribution in [0.4, 0.5) is 10.6 Å². The van der Waals surface area contributed by atoms with Crippen LogP contribution >= 0.6 is 0 Å². The number of rotatable bonds is 2. The molecule has 0 aromatic carbocycles. The molecule has 8 heteroatoms. The number of hydrogen-bond acceptors (Lipinski definition) is 5. The minimum atomic E-state index is -0.444. The third kappa shape index (κ3) is 2.84. The molecule has 1 amide bonds. The predicted octanol–water partition coefficient (Wildman–Crippen LogP) is -0.648. The number of amides is 1. The molecule has 0 bridgehead atoms. The predicted molar refractivity (Wildman–Crippen MR) is 73.1 cm³/mol. The normalized spacial score (nSPS) is 15.3. The van der Waals surface area contributed by atoms with Crippen LogP contribution in [0.2, 0.25) is 0 Å². The summed E-state index contributed by atoms with van der Waals surface area (Å²) in [5.74, 6) is 0.488. The average Bonchev–Trinajstić information content (AvgIpc) is 2.44. The molecule has 1 aromatic rings. The largest absolute Gasteiger partial charge is 0.450 e. The number of carbonyl (C=O) groups excluding carboxylic acids is 1. The fraction of sp³-hybridized carbons (Fsp3) is 0.583. The van der Waals surface area contributed by atoms with E-state index < -0.39 is 5.69 Å². The quantitative estimate of drug-likeness (QED) is 0.779. The van der Waals surface area contributed by atoms with Gasteiger partial charge >= 0.3 is 11.8 Å². The van der Waals surface area contributed by atoms with E-state index in [2.05, 4.69) is 4.98 Å². The third-order valence-corrected chi connectivity index (χ3v) is 3.28. The lowest BCUT2D eigenvalue weighted by atomic mass is 10.3. The first-order chi connectivity index (χ1) is 9.52. The number of nitrogens with one attached hydrogen (secondary N) is 1. The lowest BCUT2D eigenvalue weighted by Gasteiger charge is -2.34. The van der Waals surface area contributed by atoms with Gasteiger partial charge < -0.3 is 14.5 Å². The minimum Gasteiger partial charge on any atom is -0.450 e. The van der Waals surface area contributed by atoms with Crippen molar-refractivity contribution in [1.29, 1.82) is 0 Å². The highest BCUT2D eigenvalue weighted by molar-refractivity contribution is 5.68. The summed E-state index contributed by atoms with van der Waals surface area (Å²) in [6.45, 7) is 4.19. The van der Waals surface area contributed by atoms with Crippen molar-refractivity contribution in [3.05, 3.63) is 26.9 Å². The number of hydrogen-bond donors (Lipinski definition) is 1. The molecule has 0 aliphatic carbocycles. The summed E-state index contributed by atoms with van der Waals surface area (Å²) >= 11 is 0. The van der Waals surface area contributed by atoms with Crippen molar-refractivity contribution in [3.8, 4) is 0 Å². The first-order valence-electron chi connectivity index (χ1n) is 6.50. The van der Waals surface area contributed by atoms with E-state index in [0.717, 1.165) is 4.57 Å². The van der Waals surface area contributed by atoms with Crippen LogP contribution in [0, 0.1) is 0 Å². The molecule has 8 nitrogen and oxygen atoms in total. The molecular formula is C12H18N4O4. The Labute approximate surface area is 115 Å². The Kier molecular flexibility index (Phi) is 4.11. The molecule has 1 N–H and O–H groups in total. The molecule has 1 aliphatic heterocycles. The second-order valence-electron chi connectivity index (χ2n) is 4.53. The van der Waals surface area contributed by atoms with Crippen LogP contribution in [-0.2, 0) is 11.8 Å². The van der Waals surface area contributed by atoms with Crippen molar-refractivity contribution in [3.63, 3.8) is 0 Å². The fourth-order valence-electron chi connectivity index (χ4n) is 2.06. The van der Waals surface area contributed by atoms with Gasteiger partial charge in [-0.2, -0.15) is 0 Å². The lowest BCUT2D eigenvalue weighted by molar-refractivity contribution is 0.105. The van der Waals surface area contributed by atoms with Gasteiger partial charge in [0.15, 0.2) is 0 Å². The van der Waals surface area contributed by atoms with Crippen molar-refractivity contribution < 1.29 is 9.53 Å². The lowest BCUT2D eigenvalue weighted by Crippen LogP contribution is -2.50. The van der Waals surface area contributed by atoms with Crippen molar-refractivity contribution >= 4 is 11.9 Å². The van der Waals surface area contributed by atoms with Crippen molar-refractivity contribution in [2.24, 2.45) is 7.05 Å². The van der Waals surface area contributed by atoms with Crippen LogP contribution in [0.3, 0.4) is 0 Å². The first kappa shape index (κ1) is 14.2. The summed E-state index contributed by atoms with van der Waals surface area (Å²) in [6, 6.07) is 1.39. The zero-order valence-corrected chi connectivity index (χ0v) is 11.6. The number of ether oxygens (including phenoxy) is 1. The van der Waals surface area contributed by atoms with Gasteiger partial charge in [0.1, 0.15) is 5.82 Å². The SMILES string of the molecule is CCOC(=O)N1CCN(c2cc(=O)n(C)c(=O)[nH]2)CC1. The van der Waals surface area contributed by atoms with Crippen LogP contribution in [0.25, 0.3) is 0 Å². The molecule has 0 atom stereocenters. The van der Waals surface area contributed by atoms with E-state index in [-0.39, 0.29) is 11.7 Å².